The van der Waals surface area contributed by atoms with Crippen LogP contribution in [0.2, 0.25) is 5.02 Å². The first-order valence-electron chi connectivity index (χ1n) is 11.8. The van der Waals surface area contributed by atoms with Gasteiger partial charge in [0.05, 0.1) is 22.8 Å². The number of carbonyl (C=O) groups excluding carboxylic acids is 3. The van der Waals surface area contributed by atoms with E-state index in [-0.39, 0.29) is 23.5 Å². The van der Waals surface area contributed by atoms with Crippen LogP contribution in [0.1, 0.15) is 55.5 Å². The van der Waals surface area contributed by atoms with Crippen molar-refractivity contribution in [1.82, 2.24) is 15.4 Å². The zero-order valence-electron chi connectivity index (χ0n) is 20.1. The number of sulfonamides is 1. The van der Waals surface area contributed by atoms with Gasteiger partial charge in [-0.15, -0.1) is 0 Å². The van der Waals surface area contributed by atoms with E-state index < -0.39 is 21.6 Å². The molecule has 11 heteroatoms. The van der Waals surface area contributed by atoms with E-state index in [1.807, 2.05) is 0 Å². The van der Waals surface area contributed by atoms with E-state index in [1.165, 1.54) is 24.3 Å². The van der Waals surface area contributed by atoms with Crippen LogP contribution in [-0.4, -0.2) is 39.4 Å². The Morgan fingerprint density at radius 2 is 1.89 bits per heavy atom. The zero-order chi connectivity index (χ0) is 26.1. The van der Waals surface area contributed by atoms with E-state index in [2.05, 4.69) is 22.3 Å². The lowest BCUT2D eigenvalue weighted by Crippen LogP contribution is -2.54. The minimum atomic E-state index is -4.20. The number of nitrogens with one attached hydrogen (secondary N) is 3. The number of hydrogen-bond donors (Lipinski definition) is 3. The van der Waals surface area contributed by atoms with E-state index in [0.717, 1.165) is 25.7 Å². The van der Waals surface area contributed by atoms with E-state index in [9.17, 15) is 22.8 Å². The fourth-order valence-corrected chi connectivity index (χ4v) is 5.87. The quantitative estimate of drug-likeness (QED) is 0.489. The van der Waals surface area contributed by atoms with Gasteiger partial charge in [-0.05, 0) is 74.4 Å². The van der Waals surface area contributed by atoms with Crippen LogP contribution >= 0.6 is 11.6 Å². The maximum atomic E-state index is 13.0. The van der Waals surface area contributed by atoms with Gasteiger partial charge in [0.2, 0.25) is 0 Å². The molecule has 1 fully saturated rings. The van der Waals surface area contributed by atoms with Crippen molar-refractivity contribution in [2.24, 2.45) is 5.92 Å². The van der Waals surface area contributed by atoms with Crippen LogP contribution in [0, 0.1) is 5.92 Å². The van der Waals surface area contributed by atoms with Crippen molar-refractivity contribution in [1.29, 1.82) is 0 Å². The molecule has 1 saturated carbocycles. The normalized spacial score (nSPS) is 21.5. The SMILES string of the molecule is CC1CCC(NC(=O)NS(=O)(=O)c2cccc(C(C)(C=O)N3CNC(=O)c4cc(Cl)ccc43)c2)CC1. The molecule has 3 amide bonds. The molecule has 1 unspecified atom stereocenters. The van der Waals surface area contributed by atoms with Crippen molar-refractivity contribution in [3.05, 3.63) is 58.6 Å². The molecular formula is C25H29ClN4O5S. The van der Waals surface area contributed by atoms with Crippen molar-refractivity contribution >= 4 is 45.5 Å². The molecule has 1 aliphatic carbocycles. The predicted octanol–water partition coefficient (Wildman–Crippen LogP) is 3.53. The Morgan fingerprint density at radius 3 is 2.58 bits per heavy atom. The van der Waals surface area contributed by atoms with Gasteiger partial charge in [-0.1, -0.05) is 30.7 Å². The van der Waals surface area contributed by atoms with Gasteiger partial charge in [0, 0.05) is 11.1 Å². The molecule has 9 nitrogen and oxygen atoms in total. The molecule has 2 aromatic rings. The van der Waals surface area contributed by atoms with E-state index in [1.54, 1.807) is 30.0 Å². The molecule has 0 radical (unpaired) electrons. The van der Waals surface area contributed by atoms with E-state index in [4.69, 9.17) is 11.6 Å². The molecule has 2 aliphatic rings. The highest BCUT2D eigenvalue weighted by Crippen LogP contribution is 2.36. The molecule has 1 aliphatic heterocycles. The number of anilines is 1. The van der Waals surface area contributed by atoms with Crippen molar-refractivity contribution < 1.29 is 22.8 Å². The average Bonchev–Trinajstić information content (AvgIpc) is 2.85. The molecule has 1 heterocycles. The summed E-state index contributed by atoms with van der Waals surface area (Å²) in [5, 5.41) is 5.85. The average molecular weight is 533 g/mol. The molecule has 36 heavy (non-hydrogen) atoms. The lowest BCUT2D eigenvalue weighted by molar-refractivity contribution is -0.112. The second-order valence-electron chi connectivity index (χ2n) is 9.58. The smallest absolute Gasteiger partial charge is 0.328 e. The number of fused-ring (bicyclic) bond motifs is 1. The summed E-state index contributed by atoms with van der Waals surface area (Å²) in [5.41, 5.74) is -0.159. The van der Waals surface area contributed by atoms with Crippen LogP contribution in [0.5, 0.6) is 0 Å². The van der Waals surface area contributed by atoms with Gasteiger partial charge in [-0.2, -0.15) is 0 Å². The molecular weight excluding hydrogens is 504 g/mol. The monoisotopic (exact) mass is 532 g/mol. The lowest BCUT2D eigenvalue weighted by Gasteiger charge is -2.42. The topological polar surface area (TPSA) is 125 Å². The Balaban J connectivity index is 1.59. The molecule has 4 rings (SSSR count). The van der Waals surface area contributed by atoms with Crippen molar-refractivity contribution in [3.63, 3.8) is 0 Å². The highest BCUT2D eigenvalue weighted by molar-refractivity contribution is 7.90. The largest absolute Gasteiger partial charge is 0.337 e. The fraction of sp³-hybridized carbons (Fsp3) is 0.400. The maximum Gasteiger partial charge on any atom is 0.328 e. The predicted molar refractivity (Wildman–Crippen MR) is 136 cm³/mol. The van der Waals surface area contributed by atoms with Crippen LogP contribution in [0.25, 0.3) is 0 Å². The number of rotatable bonds is 6. The second-order valence-corrected chi connectivity index (χ2v) is 11.7. The number of benzene rings is 2. The number of urea groups is 1. The fourth-order valence-electron chi connectivity index (χ4n) is 4.74. The van der Waals surface area contributed by atoms with Crippen LogP contribution in [0.15, 0.2) is 47.4 Å². The molecule has 192 valence electrons. The summed E-state index contributed by atoms with van der Waals surface area (Å²) < 4.78 is 28.1. The van der Waals surface area contributed by atoms with Crippen molar-refractivity contribution in [2.45, 2.75) is 56.0 Å². The number of halogens is 1. The third-order valence-electron chi connectivity index (χ3n) is 6.99. The Kier molecular flexibility index (Phi) is 7.28. The highest BCUT2D eigenvalue weighted by atomic mass is 35.5. The van der Waals surface area contributed by atoms with Gasteiger partial charge in [0.1, 0.15) is 11.8 Å². The van der Waals surface area contributed by atoms with Gasteiger partial charge >= 0.3 is 6.03 Å². The first kappa shape index (κ1) is 26.0. The number of hydrogen-bond acceptors (Lipinski definition) is 6. The van der Waals surface area contributed by atoms with Gasteiger partial charge < -0.3 is 20.3 Å². The minimum Gasteiger partial charge on any atom is -0.337 e. The van der Waals surface area contributed by atoms with Gasteiger partial charge in [0.25, 0.3) is 15.9 Å². The summed E-state index contributed by atoms with van der Waals surface area (Å²) in [5.74, 6) is 0.276. The molecule has 3 N–H and O–H groups in total. The second kappa shape index (κ2) is 10.1. The number of amides is 3. The van der Waals surface area contributed by atoms with Crippen molar-refractivity contribution in [3.8, 4) is 0 Å². The Bertz CT molecular complexity index is 1290. The Hall–Kier alpha value is -3.11. The Labute approximate surface area is 215 Å². The number of nitrogens with zero attached hydrogens (tertiary/aromatic N) is 1. The lowest BCUT2D eigenvalue weighted by atomic mass is 9.87. The van der Waals surface area contributed by atoms with Crippen molar-refractivity contribution in [2.75, 3.05) is 11.6 Å². The summed E-state index contributed by atoms with van der Waals surface area (Å²) in [6.45, 7) is 3.82. The molecule has 2 aromatic carbocycles. The first-order valence-corrected chi connectivity index (χ1v) is 13.6. The van der Waals surface area contributed by atoms with Gasteiger partial charge in [-0.25, -0.2) is 17.9 Å². The third kappa shape index (κ3) is 5.19. The van der Waals surface area contributed by atoms with Crippen LogP contribution in [0.3, 0.4) is 0 Å². The summed E-state index contributed by atoms with van der Waals surface area (Å²) in [7, 11) is -4.20. The molecule has 0 aromatic heterocycles. The molecule has 0 spiro atoms. The zero-order valence-corrected chi connectivity index (χ0v) is 21.7. The molecule has 1 atom stereocenters. The van der Waals surface area contributed by atoms with E-state index >= 15 is 0 Å². The molecule has 0 bridgehead atoms. The maximum absolute atomic E-state index is 13.0. The molecule has 0 saturated heterocycles. The first-order chi connectivity index (χ1) is 17.0. The minimum absolute atomic E-state index is 0.0281. The third-order valence-corrected chi connectivity index (χ3v) is 8.55. The standard InChI is InChI=1S/C25H29ClN4O5S/c1-16-6-9-19(10-7-16)28-24(33)29-36(34,35)20-5-3-4-17(12-20)25(2,14-31)30-15-27-23(32)21-13-18(26)8-11-22(21)30/h3-5,8,11-14,16,19H,6-7,9-10,15H2,1-2H3,(H,27,32)(H2,28,29,33). The van der Waals surface area contributed by atoms with Gasteiger partial charge in [-0.3, -0.25) is 4.79 Å². The summed E-state index contributed by atoms with van der Waals surface area (Å²) >= 11 is 6.06. The Morgan fingerprint density at radius 1 is 1.17 bits per heavy atom. The number of aldehydes is 1. The van der Waals surface area contributed by atoms with Crippen LogP contribution in [-0.2, 0) is 20.4 Å². The highest BCUT2D eigenvalue weighted by Gasteiger charge is 2.39. The van der Waals surface area contributed by atoms with Crippen LogP contribution in [0.4, 0.5) is 10.5 Å². The number of carbonyl (C=O) groups is 3. The summed E-state index contributed by atoms with van der Waals surface area (Å²) in [4.78, 5) is 38.8. The van der Waals surface area contributed by atoms with Gasteiger partial charge in [0.15, 0.2) is 0 Å². The summed E-state index contributed by atoms with van der Waals surface area (Å²) in [6.07, 6.45) is 4.27. The van der Waals surface area contributed by atoms with Crippen LogP contribution < -0.4 is 20.3 Å². The summed E-state index contributed by atoms with van der Waals surface area (Å²) in [6, 6.07) is 9.80. The van der Waals surface area contributed by atoms with E-state index in [0.29, 0.717) is 34.0 Å².